The lowest BCUT2D eigenvalue weighted by molar-refractivity contribution is 0.101. The number of rotatable bonds is 7. The summed E-state index contributed by atoms with van der Waals surface area (Å²) < 4.78 is 36.4. The first kappa shape index (κ1) is 23.4. The molecular formula is C20H20ClF2N5O4. The molecule has 0 spiro atoms. The Morgan fingerprint density at radius 3 is 2.59 bits per heavy atom. The predicted molar refractivity (Wildman–Crippen MR) is 112 cm³/mol. The van der Waals surface area contributed by atoms with Gasteiger partial charge in [0.15, 0.2) is 17.5 Å². The molecule has 32 heavy (non-hydrogen) atoms. The molecule has 0 saturated heterocycles. The van der Waals surface area contributed by atoms with Crippen LogP contribution in [0.2, 0.25) is 5.02 Å². The quantitative estimate of drug-likeness (QED) is 0.552. The molecule has 0 bridgehead atoms. The van der Waals surface area contributed by atoms with Crippen LogP contribution in [-0.2, 0) is 13.2 Å². The third-order valence-corrected chi connectivity index (χ3v) is 4.63. The van der Waals surface area contributed by atoms with Gasteiger partial charge < -0.3 is 15.2 Å². The van der Waals surface area contributed by atoms with Crippen LogP contribution >= 0.6 is 11.6 Å². The van der Waals surface area contributed by atoms with E-state index in [1.807, 2.05) is 0 Å². The summed E-state index contributed by atoms with van der Waals surface area (Å²) in [4.78, 5) is 29.4. The maximum Gasteiger partial charge on any atom is 0.352 e. The highest BCUT2D eigenvalue weighted by Crippen LogP contribution is 2.28. The number of hydrogen-bond donors (Lipinski definition) is 2. The third-order valence-electron chi connectivity index (χ3n) is 4.31. The SMILES string of the molecule is CCn1c(CO)nn(-c2nc(OC(C)C)c(C(=O)Nc3c(F)cccc3Cl)cc2F)c1=O. The molecule has 1 amide bonds. The van der Waals surface area contributed by atoms with E-state index in [1.54, 1.807) is 20.8 Å². The van der Waals surface area contributed by atoms with Gasteiger partial charge in [-0.15, -0.1) is 5.10 Å². The first-order valence-corrected chi connectivity index (χ1v) is 9.98. The molecule has 0 saturated carbocycles. The smallest absolute Gasteiger partial charge is 0.352 e. The molecule has 170 valence electrons. The highest BCUT2D eigenvalue weighted by molar-refractivity contribution is 6.34. The van der Waals surface area contributed by atoms with Gasteiger partial charge in [0.1, 0.15) is 18.0 Å². The number of benzene rings is 1. The van der Waals surface area contributed by atoms with Crippen molar-refractivity contribution in [2.24, 2.45) is 0 Å². The van der Waals surface area contributed by atoms with Crippen molar-refractivity contribution < 1.29 is 23.4 Å². The Balaban J connectivity index is 2.11. The number of nitrogens with zero attached hydrogens (tertiary/aromatic N) is 4. The number of aromatic nitrogens is 4. The molecule has 0 aliphatic rings. The largest absolute Gasteiger partial charge is 0.474 e. The number of halogens is 3. The number of anilines is 1. The first-order chi connectivity index (χ1) is 15.2. The molecule has 0 radical (unpaired) electrons. The first-order valence-electron chi connectivity index (χ1n) is 9.60. The van der Waals surface area contributed by atoms with Gasteiger partial charge in [-0.05, 0) is 39.0 Å². The van der Waals surface area contributed by atoms with Crippen LogP contribution in [0.5, 0.6) is 5.88 Å². The maximum absolute atomic E-state index is 15.0. The lowest BCUT2D eigenvalue weighted by Crippen LogP contribution is -2.26. The molecule has 0 unspecified atom stereocenters. The van der Waals surface area contributed by atoms with Crippen molar-refractivity contribution in [3.05, 3.63) is 62.8 Å². The van der Waals surface area contributed by atoms with Crippen molar-refractivity contribution in [2.75, 3.05) is 5.32 Å². The standard InChI is InChI=1S/C20H20ClF2N5O4/c1-4-27-15(9-29)26-28(20(27)31)17-14(23)8-11(19(25-17)32-10(2)3)18(30)24-16-12(21)6-5-7-13(16)22/h5-8,10,29H,4,9H2,1-3H3,(H,24,30). The molecule has 9 nitrogen and oxygen atoms in total. The highest BCUT2D eigenvalue weighted by atomic mass is 35.5. The third kappa shape index (κ3) is 4.48. The van der Waals surface area contributed by atoms with E-state index in [9.17, 15) is 23.5 Å². The second kappa shape index (κ2) is 9.45. The topological polar surface area (TPSA) is 111 Å². The Morgan fingerprint density at radius 2 is 2.03 bits per heavy atom. The number of ether oxygens (including phenoxy) is 1. The average Bonchev–Trinajstić information content (AvgIpc) is 3.06. The predicted octanol–water partition coefficient (Wildman–Crippen LogP) is 2.91. The molecule has 3 rings (SSSR count). The lowest BCUT2D eigenvalue weighted by Gasteiger charge is -2.15. The Labute approximate surface area is 186 Å². The van der Waals surface area contributed by atoms with Crippen LogP contribution in [0.1, 0.15) is 37.0 Å². The van der Waals surface area contributed by atoms with Crippen molar-refractivity contribution in [2.45, 2.75) is 40.0 Å². The fourth-order valence-corrected chi connectivity index (χ4v) is 3.11. The molecule has 0 aliphatic heterocycles. The number of aliphatic hydroxyl groups excluding tert-OH is 1. The maximum atomic E-state index is 15.0. The van der Waals surface area contributed by atoms with E-state index in [1.165, 1.54) is 12.1 Å². The van der Waals surface area contributed by atoms with Gasteiger partial charge in [0.25, 0.3) is 5.91 Å². The summed E-state index contributed by atoms with van der Waals surface area (Å²) in [5.74, 6) is -3.57. The van der Waals surface area contributed by atoms with Crippen molar-refractivity contribution in [3.63, 3.8) is 0 Å². The fourth-order valence-electron chi connectivity index (χ4n) is 2.89. The van der Waals surface area contributed by atoms with Crippen LogP contribution in [0, 0.1) is 11.6 Å². The van der Waals surface area contributed by atoms with E-state index in [4.69, 9.17) is 16.3 Å². The molecule has 2 aromatic heterocycles. The van der Waals surface area contributed by atoms with Crippen LogP contribution in [0.25, 0.3) is 5.82 Å². The number of aliphatic hydroxyl groups is 1. The van der Waals surface area contributed by atoms with Crippen molar-refractivity contribution >= 4 is 23.2 Å². The number of carbonyl (C=O) groups is 1. The zero-order chi connectivity index (χ0) is 23.6. The molecule has 12 heteroatoms. The number of nitrogens with one attached hydrogen (secondary N) is 1. The molecule has 3 aromatic rings. The summed E-state index contributed by atoms with van der Waals surface area (Å²) in [5.41, 5.74) is -1.36. The van der Waals surface area contributed by atoms with Crippen LogP contribution in [0.15, 0.2) is 29.1 Å². The van der Waals surface area contributed by atoms with Crippen LogP contribution < -0.4 is 15.7 Å². The van der Waals surface area contributed by atoms with Gasteiger partial charge in [0.05, 0.1) is 16.8 Å². The summed E-state index contributed by atoms with van der Waals surface area (Å²) in [6.07, 6.45) is -0.470. The summed E-state index contributed by atoms with van der Waals surface area (Å²) >= 11 is 5.94. The Kier molecular flexibility index (Phi) is 6.90. The minimum atomic E-state index is -1.06. The zero-order valence-corrected chi connectivity index (χ0v) is 18.2. The van der Waals surface area contributed by atoms with Crippen LogP contribution in [-0.4, -0.2) is 36.4 Å². The average molecular weight is 468 g/mol. The van der Waals surface area contributed by atoms with Crippen molar-refractivity contribution in [1.82, 2.24) is 19.3 Å². The van der Waals surface area contributed by atoms with Gasteiger partial charge in [-0.3, -0.25) is 9.36 Å². The second-order valence-corrected chi connectivity index (χ2v) is 7.28. The summed E-state index contributed by atoms with van der Waals surface area (Å²) in [7, 11) is 0. The van der Waals surface area contributed by atoms with Crippen LogP contribution in [0.4, 0.5) is 14.5 Å². The molecule has 2 heterocycles. The number of amides is 1. The molecular weight excluding hydrogens is 448 g/mol. The summed E-state index contributed by atoms with van der Waals surface area (Å²) in [6.45, 7) is 4.61. The summed E-state index contributed by atoms with van der Waals surface area (Å²) in [6, 6.07) is 4.65. The van der Waals surface area contributed by atoms with Gasteiger partial charge in [-0.1, -0.05) is 17.7 Å². The number of para-hydroxylation sites is 1. The molecule has 2 N–H and O–H groups in total. The Bertz CT molecular complexity index is 1210. The summed E-state index contributed by atoms with van der Waals surface area (Å²) in [5, 5.41) is 15.5. The van der Waals surface area contributed by atoms with E-state index in [0.717, 1.165) is 16.7 Å². The number of hydrogen-bond acceptors (Lipinski definition) is 6. The minimum absolute atomic E-state index is 0.0149. The van der Waals surface area contributed by atoms with Gasteiger partial charge >= 0.3 is 5.69 Å². The minimum Gasteiger partial charge on any atom is -0.474 e. The normalized spacial score (nSPS) is 11.1. The van der Waals surface area contributed by atoms with Gasteiger partial charge in [0, 0.05) is 6.54 Å². The Morgan fingerprint density at radius 1 is 1.31 bits per heavy atom. The van der Waals surface area contributed by atoms with Gasteiger partial charge in [-0.2, -0.15) is 9.67 Å². The van der Waals surface area contributed by atoms with Crippen molar-refractivity contribution in [3.8, 4) is 11.7 Å². The van der Waals surface area contributed by atoms with Gasteiger partial charge in [-0.25, -0.2) is 13.6 Å². The monoisotopic (exact) mass is 467 g/mol. The highest BCUT2D eigenvalue weighted by Gasteiger charge is 2.25. The van der Waals surface area contributed by atoms with E-state index in [-0.39, 0.29) is 34.5 Å². The van der Waals surface area contributed by atoms with E-state index in [2.05, 4.69) is 15.4 Å². The van der Waals surface area contributed by atoms with Gasteiger partial charge in [0.2, 0.25) is 5.88 Å². The van der Waals surface area contributed by atoms with E-state index >= 15 is 0 Å². The fraction of sp³-hybridized carbons (Fsp3) is 0.300. The zero-order valence-electron chi connectivity index (χ0n) is 17.4. The number of pyridine rings is 1. The number of carbonyl (C=O) groups excluding carboxylic acids is 1. The molecule has 1 aromatic carbocycles. The lowest BCUT2D eigenvalue weighted by atomic mass is 10.2. The van der Waals surface area contributed by atoms with Crippen molar-refractivity contribution in [1.29, 1.82) is 0 Å². The molecule has 0 aliphatic carbocycles. The second-order valence-electron chi connectivity index (χ2n) is 6.88. The molecule has 0 fully saturated rings. The van der Waals surface area contributed by atoms with E-state index < -0.39 is 41.8 Å². The van der Waals surface area contributed by atoms with Crippen LogP contribution in [0.3, 0.4) is 0 Å². The Hall–Kier alpha value is -3.31. The van der Waals surface area contributed by atoms with E-state index in [0.29, 0.717) is 4.68 Å². The molecule has 0 atom stereocenters.